The van der Waals surface area contributed by atoms with Gasteiger partial charge in [0.25, 0.3) is 0 Å². The van der Waals surface area contributed by atoms with Crippen LogP contribution >= 0.6 is 0 Å². The smallest absolute Gasteiger partial charge is 0.416 e. The highest BCUT2D eigenvalue weighted by atomic mass is 35.5. The van der Waals surface area contributed by atoms with Gasteiger partial charge >= 0.3 is 6.18 Å². The minimum Gasteiger partial charge on any atom is -1.00 e. The molecule has 0 fully saturated rings. The average molecular weight is 290 g/mol. The Hall–Kier alpha value is -1.95. The molecule has 3 nitrogen and oxygen atoms in total. The Morgan fingerprint density at radius 1 is 1.16 bits per heavy atom. The summed E-state index contributed by atoms with van der Waals surface area (Å²) in [5.74, 6) is 0.340. The number of hydrogen-bond acceptors (Lipinski definition) is 3. The van der Waals surface area contributed by atoms with Gasteiger partial charge < -0.3 is 22.9 Å². The number of nitrogens with zero attached hydrogens (tertiary/aromatic N) is 1. The topological polar surface area (TPSA) is 48.1 Å². The lowest BCUT2D eigenvalue weighted by molar-refractivity contribution is -0.137. The molecular formula is C12H9ClF3N2O-. The number of alkyl halides is 3. The molecular weight excluding hydrogens is 281 g/mol. The standard InChI is InChI=1S/C12H9F3N2O.ClH/c13-12(14,15)8-2-1-3-9(6-8)18-11-4-5-17-7-10(11)16;/h1-7H,16H2;1H/p-1. The quantitative estimate of drug-likeness (QED) is 0.875. The summed E-state index contributed by atoms with van der Waals surface area (Å²) in [6, 6.07) is 6.07. The van der Waals surface area contributed by atoms with Crippen molar-refractivity contribution < 1.29 is 30.3 Å². The van der Waals surface area contributed by atoms with E-state index in [0.717, 1.165) is 12.1 Å². The van der Waals surface area contributed by atoms with E-state index in [-0.39, 0.29) is 29.6 Å². The summed E-state index contributed by atoms with van der Waals surface area (Å²) >= 11 is 0. The summed E-state index contributed by atoms with van der Waals surface area (Å²) in [6.07, 6.45) is -1.59. The third-order valence-electron chi connectivity index (χ3n) is 2.20. The number of nitrogens with two attached hydrogens (primary N) is 1. The van der Waals surface area contributed by atoms with Crippen molar-refractivity contribution in [2.45, 2.75) is 6.18 Å². The first-order valence-corrected chi connectivity index (χ1v) is 5.01. The molecule has 2 N–H and O–H groups in total. The zero-order chi connectivity index (χ0) is 13.2. The average Bonchev–Trinajstić information content (AvgIpc) is 2.31. The molecule has 0 radical (unpaired) electrons. The molecule has 1 heterocycles. The summed E-state index contributed by atoms with van der Waals surface area (Å²) in [5, 5.41) is 0. The second kappa shape index (κ2) is 5.79. The van der Waals surface area contributed by atoms with Gasteiger partial charge in [-0.15, -0.1) is 0 Å². The summed E-state index contributed by atoms with van der Waals surface area (Å²) < 4.78 is 42.8. The molecule has 0 aliphatic heterocycles. The van der Waals surface area contributed by atoms with Crippen molar-refractivity contribution in [1.82, 2.24) is 4.98 Å². The summed E-state index contributed by atoms with van der Waals surface area (Å²) in [6.45, 7) is 0. The first kappa shape index (κ1) is 15.1. The Bertz CT molecular complexity index is 561. The minimum absolute atomic E-state index is 0. The maximum absolute atomic E-state index is 12.5. The molecule has 0 amide bonds. The molecule has 2 aromatic rings. The Labute approximate surface area is 113 Å². The number of ether oxygens (including phenoxy) is 1. The number of benzene rings is 1. The van der Waals surface area contributed by atoms with E-state index in [1.165, 1.54) is 30.6 Å². The van der Waals surface area contributed by atoms with Gasteiger partial charge in [-0.25, -0.2) is 0 Å². The van der Waals surface area contributed by atoms with Crippen molar-refractivity contribution in [3.05, 3.63) is 48.3 Å². The van der Waals surface area contributed by atoms with Gasteiger partial charge in [-0.3, -0.25) is 4.98 Å². The number of rotatable bonds is 2. The maximum atomic E-state index is 12.5. The Balaban J connectivity index is 0.00000180. The zero-order valence-corrected chi connectivity index (χ0v) is 10.2. The van der Waals surface area contributed by atoms with Gasteiger partial charge in [-0.2, -0.15) is 13.2 Å². The third-order valence-corrected chi connectivity index (χ3v) is 2.20. The van der Waals surface area contributed by atoms with Crippen LogP contribution in [0.2, 0.25) is 0 Å². The number of halogens is 4. The van der Waals surface area contributed by atoms with Crippen LogP contribution in [0.4, 0.5) is 18.9 Å². The molecule has 102 valence electrons. The lowest BCUT2D eigenvalue weighted by atomic mass is 10.2. The van der Waals surface area contributed by atoms with E-state index in [2.05, 4.69) is 4.98 Å². The van der Waals surface area contributed by atoms with Gasteiger partial charge in [0.2, 0.25) is 0 Å². The third kappa shape index (κ3) is 3.75. The van der Waals surface area contributed by atoms with Gasteiger partial charge in [-0.05, 0) is 18.2 Å². The number of nitrogen functional groups attached to an aromatic ring is 1. The van der Waals surface area contributed by atoms with Gasteiger partial charge in [0.1, 0.15) is 5.75 Å². The highest BCUT2D eigenvalue weighted by molar-refractivity contribution is 5.51. The second-order valence-electron chi connectivity index (χ2n) is 3.54. The van der Waals surface area contributed by atoms with Crippen LogP contribution in [0.1, 0.15) is 5.56 Å². The fourth-order valence-corrected chi connectivity index (χ4v) is 1.35. The van der Waals surface area contributed by atoms with E-state index in [1.54, 1.807) is 0 Å². The fourth-order valence-electron chi connectivity index (χ4n) is 1.35. The molecule has 0 spiro atoms. The predicted molar refractivity (Wildman–Crippen MR) is 60.2 cm³/mol. The van der Waals surface area contributed by atoms with Crippen molar-refractivity contribution in [2.24, 2.45) is 0 Å². The number of pyridine rings is 1. The van der Waals surface area contributed by atoms with Crippen LogP contribution in [0.15, 0.2) is 42.7 Å². The molecule has 2 rings (SSSR count). The molecule has 0 saturated carbocycles. The van der Waals surface area contributed by atoms with Gasteiger partial charge in [0.05, 0.1) is 17.4 Å². The Morgan fingerprint density at radius 2 is 1.89 bits per heavy atom. The lowest BCUT2D eigenvalue weighted by Crippen LogP contribution is -3.00. The van der Waals surface area contributed by atoms with Gasteiger partial charge in [-0.1, -0.05) is 6.07 Å². The van der Waals surface area contributed by atoms with E-state index >= 15 is 0 Å². The van der Waals surface area contributed by atoms with E-state index in [1.807, 2.05) is 0 Å². The Kier molecular flexibility index (Phi) is 4.61. The number of anilines is 1. The van der Waals surface area contributed by atoms with Gasteiger partial charge in [0.15, 0.2) is 5.75 Å². The molecule has 0 unspecified atom stereocenters. The maximum Gasteiger partial charge on any atom is 0.416 e. The highest BCUT2D eigenvalue weighted by Gasteiger charge is 2.30. The van der Waals surface area contributed by atoms with E-state index < -0.39 is 11.7 Å². The molecule has 0 atom stereocenters. The molecule has 1 aromatic heterocycles. The second-order valence-corrected chi connectivity index (χ2v) is 3.54. The molecule has 7 heteroatoms. The molecule has 0 aliphatic rings. The summed E-state index contributed by atoms with van der Waals surface area (Å²) in [4.78, 5) is 3.76. The first-order chi connectivity index (χ1) is 8.47. The van der Waals surface area contributed by atoms with Crippen LogP contribution in [0.3, 0.4) is 0 Å². The van der Waals surface area contributed by atoms with Crippen molar-refractivity contribution in [3.63, 3.8) is 0 Å². The van der Waals surface area contributed by atoms with Gasteiger partial charge in [0, 0.05) is 12.3 Å². The molecule has 0 bridgehead atoms. The summed E-state index contributed by atoms with van der Waals surface area (Å²) in [5.41, 5.74) is 5.07. The SMILES string of the molecule is Nc1cnccc1Oc1cccc(C(F)(F)F)c1.[Cl-]. The van der Waals surface area contributed by atoms with Crippen LogP contribution in [0.25, 0.3) is 0 Å². The van der Waals surface area contributed by atoms with Crippen LogP contribution in [0, 0.1) is 0 Å². The predicted octanol–water partition coefficient (Wildman–Crippen LogP) is 0.479. The van der Waals surface area contributed by atoms with E-state index in [0.29, 0.717) is 0 Å². The van der Waals surface area contributed by atoms with E-state index in [9.17, 15) is 13.2 Å². The normalized spacial score (nSPS) is 10.7. The van der Waals surface area contributed by atoms with Crippen LogP contribution < -0.4 is 22.9 Å². The van der Waals surface area contributed by atoms with Crippen molar-refractivity contribution in [1.29, 1.82) is 0 Å². The zero-order valence-electron chi connectivity index (χ0n) is 9.49. The van der Waals surface area contributed by atoms with Crippen molar-refractivity contribution >= 4 is 5.69 Å². The van der Waals surface area contributed by atoms with Crippen molar-refractivity contribution in [2.75, 3.05) is 5.73 Å². The van der Waals surface area contributed by atoms with Crippen LogP contribution in [-0.4, -0.2) is 4.98 Å². The number of aromatic nitrogens is 1. The Morgan fingerprint density at radius 3 is 2.53 bits per heavy atom. The van der Waals surface area contributed by atoms with E-state index in [4.69, 9.17) is 10.5 Å². The highest BCUT2D eigenvalue weighted by Crippen LogP contribution is 2.33. The molecule has 0 saturated heterocycles. The number of hydrogen-bond donors (Lipinski definition) is 1. The largest absolute Gasteiger partial charge is 1.00 e. The first-order valence-electron chi connectivity index (χ1n) is 5.01. The van der Waals surface area contributed by atoms with Crippen molar-refractivity contribution in [3.8, 4) is 11.5 Å². The molecule has 1 aromatic carbocycles. The van der Waals surface area contributed by atoms with Crippen LogP contribution in [0.5, 0.6) is 11.5 Å². The molecule has 0 aliphatic carbocycles. The molecule has 19 heavy (non-hydrogen) atoms. The fraction of sp³-hybridized carbons (Fsp3) is 0.0833. The van der Waals surface area contributed by atoms with Crippen LogP contribution in [-0.2, 0) is 6.18 Å². The monoisotopic (exact) mass is 289 g/mol. The summed E-state index contributed by atoms with van der Waals surface area (Å²) in [7, 11) is 0. The lowest BCUT2D eigenvalue weighted by Gasteiger charge is -2.10. The minimum atomic E-state index is -4.40.